The summed E-state index contributed by atoms with van der Waals surface area (Å²) >= 11 is 0. The molecule has 0 aliphatic rings. The van der Waals surface area contributed by atoms with E-state index in [0.29, 0.717) is 5.69 Å². The van der Waals surface area contributed by atoms with Crippen molar-refractivity contribution in [3.63, 3.8) is 0 Å². The molecule has 102 valence electrons. The van der Waals surface area contributed by atoms with Crippen LogP contribution in [-0.4, -0.2) is 14.9 Å². The number of rotatable bonds is 2. The van der Waals surface area contributed by atoms with Crippen LogP contribution in [0.4, 0.5) is 0 Å². The summed E-state index contributed by atoms with van der Waals surface area (Å²) in [6, 6.07) is 14.0. The van der Waals surface area contributed by atoms with Gasteiger partial charge in [0.2, 0.25) is 0 Å². The number of benzene rings is 2. The first-order chi connectivity index (χ1) is 9.58. The summed E-state index contributed by atoms with van der Waals surface area (Å²) in [4.78, 5) is 0. The van der Waals surface area contributed by atoms with Crippen LogP contribution in [0.1, 0.15) is 28.5 Å². The smallest absolute Gasteiger partial charge is 0.123 e. The van der Waals surface area contributed by atoms with Crippen molar-refractivity contribution in [2.24, 2.45) is 7.05 Å². The fourth-order valence-corrected chi connectivity index (χ4v) is 2.54. The van der Waals surface area contributed by atoms with E-state index >= 15 is 0 Å². The van der Waals surface area contributed by atoms with Crippen LogP contribution in [0.25, 0.3) is 10.9 Å². The topological polar surface area (TPSA) is 38.1 Å². The van der Waals surface area contributed by atoms with Crippen LogP contribution in [0.15, 0.2) is 42.5 Å². The average Bonchev–Trinajstić information content (AvgIpc) is 2.79. The molecule has 0 aliphatic carbocycles. The second kappa shape index (κ2) is 4.76. The second-order valence-corrected chi connectivity index (χ2v) is 5.27. The number of aromatic nitrogens is 2. The summed E-state index contributed by atoms with van der Waals surface area (Å²) < 4.78 is 1.81. The van der Waals surface area contributed by atoms with Gasteiger partial charge in [0, 0.05) is 12.4 Å². The fourth-order valence-electron chi connectivity index (χ4n) is 2.54. The lowest BCUT2D eigenvalue weighted by atomic mass is 9.99. The van der Waals surface area contributed by atoms with Gasteiger partial charge in [-0.05, 0) is 36.6 Å². The van der Waals surface area contributed by atoms with Gasteiger partial charge >= 0.3 is 0 Å². The highest BCUT2D eigenvalue weighted by atomic mass is 16.3. The summed E-state index contributed by atoms with van der Waals surface area (Å²) in [7, 11) is 1.90. The van der Waals surface area contributed by atoms with Crippen LogP contribution >= 0.6 is 0 Å². The van der Waals surface area contributed by atoms with Crippen LogP contribution in [-0.2, 0) is 7.05 Å². The zero-order valence-corrected chi connectivity index (χ0v) is 12.0. The third-order valence-electron chi connectivity index (χ3n) is 3.89. The highest BCUT2D eigenvalue weighted by Gasteiger charge is 2.18. The maximum absolute atomic E-state index is 10.6. The van der Waals surface area contributed by atoms with Gasteiger partial charge in [0.05, 0.1) is 5.52 Å². The SMILES string of the molecule is Cc1ccc(C(O)c2nn(C)c3ccccc23)cc1C. The maximum Gasteiger partial charge on any atom is 0.123 e. The van der Waals surface area contributed by atoms with E-state index in [1.807, 2.05) is 54.2 Å². The Balaban J connectivity index is 2.12. The lowest BCUT2D eigenvalue weighted by molar-refractivity contribution is 0.215. The van der Waals surface area contributed by atoms with Gasteiger partial charge in [-0.15, -0.1) is 0 Å². The molecule has 3 nitrogen and oxygen atoms in total. The molecular formula is C17H18N2O. The van der Waals surface area contributed by atoms with Gasteiger partial charge in [0.25, 0.3) is 0 Å². The zero-order valence-electron chi connectivity index (χ0n) is 12.0. The molecule has 0 saturated carbocycles. The normalized spacial score (nSPS) is 12.8. The Kier molecular flexibility index (Phi) is 3.07. The lowest BCUT2D eigenvalue weighted by Gasteiger charge is -2.11. The van der Waals surface area contributed by atoms with Crippen molar-refractivity contribution in [1.29, 1.82) is 0 Å². The predicted octanol–water partition coefficient (Wildman–Crippen LogP) is 3.27. The molecule has 0 aliphatic heterocycles. The van der Waals surface area contributed by atoms with Crippen molar-refractivity contribution in [3.8, 4) is 0 Å². The van der Waals surface area contributed by atoms with Gasteiger partial charge in [-0.3, -0.25) is 4.68 Å². The Hall–Kier alpha value is -2.13. The van der Waals surface area contributed by atoms with E-state index in [4.69, 9.17) is 0 Å². The Morgan fingerprint density at radius 3 is 2.55 bits per heavy atom. The maximum atomic E-state index is 10.6. The van der Waals surface area contributed by atoms with Gasteiger partial charge in [0.15, 0.2) is 0 Å². The van der Waals surface area contributed by atoms with E-state index in [1.165, 1.54) is 11.1 Å². The molecule has 0 bridgehead atoms. The first-order valence-corrected chi connectivity index (χ1v) is 6.75. The first kappa shape index (κ1) is 12.9. The van der Waals surface area contributed by atoms with Gasteiger partial charge in [0.1, 0.15) is 11.8 Å². The lowest BCUT2D eigenvalue weighted by Crippen LogP contribution is -2.03. The number of fused-ring (bicyclic) bond motifs is 1. The van der Waals surface area contributed by atoms with E-state index in [1.54, 1.807) is 0 Å². The molecule has 3 aromatic rings. The Morgan fingerprint density at radius 2 is 1.80 bits per heavy atom. The zero-order chi connectivity index (χ0) is 14.3. The molecule has 0 spiro atoms. The van der Waals surface area contributed by atoms with Gasteiger partial charge in [-0.25, -0.2) is 0 Å². The Bertz CT molecular complexity index is 774. The molecule has 0 radical (unpaired) electrons. The molecule has 2 aromatic carbocycles. The summed E-state index contributed by atoms with van der Waals surface area (Å²) in [5.74, 6) is 0. The summed E-state index contributed by atoms with van der Waals surface area (Å²) in [6.45, 7) is 4.13. The molecule has 1 unspecified atom stereocenters. The molecule has 20 heavy (non-hydrogen) atoms. The minimum atomic E-state index is -0.694. The molecule has 0 amide bonds. The van der Waals surface area contributed by atoms with Crippen molar-refractivity contribution < 1.29 is 5.11 Å². The van der Waals surface area contributed by atoms with Crippen molar-refractivity contribution in [3.05, 3.63) is 64.8 Å². The molecule has 3 heteroatoms. The van der Waals surface area contributed by atoms with Crippen LogP contribution in [0.5, 0.6) is 0 Å². The molecule has 0 fully saturated rings. The highest BCUT2D eigenvalue weighted by Crippen LogP contribution is 2.28. The van der Waals surface area contributed by atoms with Gasteiger partial charge in [-0.1, -0.05) is 36.4 Å². The summed E-state index contributed by atoms with van der Waals surface area (Å²) in [5, 5.41) is 16.1. The Morgan fingerprint density at radius 1 is 1.05 bits per heavy atom. The van der Waals surface area contributed by atoms with Gasteiger partial charge in [-0.2, -0.15) is 5.10 Å². The third-order valence-corrected chi connectivity index (χ3v) is 3.89. The number of para-hydroxylation sites is 1. The summed E-state index contributed by atoms with van der Waals surface area (Å²) in [5.41, 5.74) is 5.04. The number of aliphatic hydroxyl groups excluding tert-OH is 1. The quantitative estimate of drug-likeness (QED) is 0.773. The van der Waals surface area contributed by atoms with E-state index in [9.17, 15) is 5.11 Å². The molecule has 3 rings (SSSR count). The largest absolute Gasteiger partial charge is 0.382 e. The van der Waals surface area contributed by atoms with Crippen LogP contribution < -0.4 is 0 Å². The van der Waals surface area contributed by atoms with Crippen LogP contribution in [0, 0.1) is 13.8 Å². The number of hydrogen-bond donors (Lipinski definition) is 1. The fraction of sp³-hybridized carbons (Fsp3) is 0.235. The second-order valence-electron chi connectivity index (χ2n) is 5.27. The van der Waals surface area contributed by atoms with Crippen LogP contribution in [0.2, 0.25) is 0 Å². The summed E-state index contributed by atoms with van der Waals surface area (Å²) in [6.07, 6.45) is -0.694. The third kappa shape index (κ3) is 2.00. The van der Waals surface area contributed by atoms with E-state index < -0.39 is 6.10 Å². The molecule has 1 heterocycles. The molecule has 1 aromatic heterocycles. The monoisotopic (exact) mass is 266 g/mol. The molecular weight excluding hydrogens is 248 g/mol. The molecule has 1 atom stereocenters. The number of nitrogens with zero attached hydrogens (tertiary/aromatic N) is 2. The highest BCUT2D eigenvalue weighted by molar-refractivity contribution is 5.82. The number of hydrogen-bond acceptors (Lipinski definition) is 2. The number of aryl methyl sites for hydroxylation is 3. The average molecular weight is 266 g/mol. The molecule has 1 N–H and O–H groups in total. The van der Waals surface area contributed by atoms with Gasteiger partial charge < -0.3 is 5.11 Å². The van der Waals surface area contributed by atoms with E-state index in [0.717, 1.165) is 16.5 Å². The molecule has 0 saturated heterocycles. The van der Waals surface area contributed by atoms with Crippen LogP contribution in [0.3, 0.4) is 0 Å². The standard InChI is InChI=1S/C17H18N2O/c1-11-8-9-13(10-12(11)2)17(20)16-14-6-4-5-7-15(14)19(3)18-16/h4-10,17,20H,1-3H3. The number of aliphatic hydroxyl groups is 1. The van der Waals surface area contributed by atoms with E-state index in [2.05, 4.69) is 18.9 Å². The van der Waals surface area contributed by atoms with Crippen molar-refractivity contribution in [2.45, 2.75) is 20.0 Å². The van der Waals surface area contributed by atoms with Crippen molar-refractivity contribution in [1.82, 2.24) is 9.78 Å². The minimum absolute atomic E-state index is 0.694. The van der Waals surface area contributed by atoms with E-state index in [-0.39, 0.29) is 0 Å². The first-order valence-electron chi connectivity index (χ1n) is 6.75. The Labute approximate surface area is 118 Å². The van der Waals surface area contributed by atoms with Crippen molar-refractivity contribution in [2.75, 3.05) is 0 Å². The minimum Gasteiger partial charge on any atom is -0.382 e. The van der Waals surface area contributed by atoms with Crippen molar-refractivity contribution >= 4 is 10.9 Å². The predicted molar refractivity (Wildman–Crippen MR) is 80.7 cm³/mol.